The summed E-state index contributed by atoms with van der Waals surface area (Å²) in [6.07, 6.45) is 1.38. The maximum atomic E-state index is 11.0. The van der Waals surface area contributed by atoms with E-state index in [1.807, 2.05) is 20.8 Å². The quantitative estimate of drug-likeness (QED) is 0.694. The third-order valence-corrected chi connectivity index (χ3v) is 2.46. The molecule has 4 N–H and O–H groups in total. The number of hydrogen-bond acceptors (Lipinski definition) is 4. The molecule has 6 heteroatoms. The highest BCUT2D eigenvalue weighted by molar-refractivity contribution is 6.06. The van der Waals surface area contributed by atoms with Gasteiger partial charge in [0.15, 0.2) is 0 Å². The predicted octanol–water partition coefficient (Wildman–Crippen LogP) is 1.54. The van der Waals surface area contributed by atoms with Crippen LogP contribution in [-0.2, 0) is 5.41 Å². The first-order valence-electron chi connectivity index (χ1n) is 5.19. The average molecular weight is 234 g/mol. The molecule has 0 atom stereocenters. The minimum atomic E-state index is -1.05. The van der Waals surface area contributed by atoms with E-state index in [1.54, 1.807) is 0 Å². The van der Waals surface area contributed by atoms with Gasteiger partial charge in [-0.15, -0.1) is 0 Å². The molecular formula is C11H14N4O2. The van der Waals surface area contributed by atoms with Crippen molar-refractivity contribution in [1.29, 1.82) is 0 Å². The van der Waals surface area contributed by atoms with E-state index in [0.717, 1.165) is 0 Å². The lowest BCUT2D eigenvalue weighted by atomic mass is 9.95. The van der Waals surface area contributed by atoms with Gasteiger partial charge in [-0.25, -0.2) is 14.8 Å². The molecule has 2 rings (SSSR count). The smallest absolute Gasteiger partial charge is 0.338 e. The van der Waals surface area contributed by atoms with Crippen LogP contribution in [-0.4, -0.2) is 26.0 Å². The molecule has 0 amide bonds. The molecule has 0 aromatic carbocycles. The fraction of sp³-hybridized carbons (Fsp3) is 0.364. The topological polar surface area (TPSA) is 105 Å². The number of hydrogen-bond donors (Lipinski definition) is 3. The second-order valence-electron chi connectivity index (χ2n) is 4.91. The number of anilines is 1. The summed E-state index contributed by atoms with van der Waals surface area (Å²) in [4.78, 5) is 22.3. The zero-order valence-electron chi connectivity index (χ0n) is 9.90. The molecule has 0 aliphatic heterocycles. The van der Waals surface area contributed by atoms with Crippen molar-refractivity contribution in [3.63, 3.8) is 0 Å². The van der Waals surface area contributed by atoms with Crippen molar-refractivity contribution >= 4 is 22.8 Å². The van der Waals surface area contributed by atoms with E-state index in [1.165, 1.54) is 6.20 Å². The van der Waals surface area contributed by atoms with Gasteiger partial charge in [-0.1, -0.05) is 20.8 Å². The zero-order valence-corrected chi connectivity index (χ0v) is 9.90. The van der Waals surface area contributed by atoms with Crippen LogP contribution in [0.2, 0.25) is 0 Å². The number of aromatic amines is 1. The molecule has 90 valence electrons. The Balaban J connectivity index is 2.74. The van der Waals surface area contributed by atoms with Crippen molar-refractivity contribution in [2.24, 2.45) is 0 Å². The summed E-state index contributed by atoms with van der Waals surface area (Å²) >= 11 is 0. The summed E-state index contributed by atoms with van der Waals surface area (Å²) in [5, 5.41) is 9.36. The van der Waals surface area contributed by atoms with Crippen LogP contribution in [0, 0.1) is 0 Å². The van der Waals surface area contributed by atoms with Gasteiger partial charge in [-0.3, -0.25) is 0 Å². The van der Waals surface area contributed by atoms with Crippen LogP contribution < -0.4 is 5.73 Å². The first-order chi connectivity index (χ1) is 7.80. The van der Waals surface area contributed by atoms with Crippen LogP contribution in [0.4, 0.5) is 5.82 Å². The third kappa shape index (κ3) is 1.82. The van der Waals surface area contributed by atoms with Gasteiger partial charge in [0, 0.05) is 11.6 Å². The van der Waals surface area contributed by atoms with Crippen molar-refractivity contribution in [3.05, 3.63) is 17.6 Å². The van der Waals surface area contributed by atoms with Crippen molar-refractivity contribution in [2.75, 3.05) is 5.73 Å². The van der Waals surface area contributed by atoms with Gasteiger partial charge in [0.25, 0.3) is 0 Å². The fourth-order valence-electron chi connectivity index (χ4n) is 1.56. The van der Waals surface area contributed by atoms with E-state index < -0.39 is 5.97 Å². The number of H-pyrrole nitrogens is 1. The summed E-state index contributed by atoms with van der Waals surface area (Å²) in [7, 11) is 0. The maximum Gasteiger partial charge on any atom is 0.338 e. The predicted molar refractivity (Wildman–Crippen MR) is 64.0 cm³/mol. The summed E-state index contributed by atoms with van der Waals surface area (Å²) in [5.41, 5.74) is 6.12. The molecule has 0 radical (unpaired) electrons. The highest BCUT2D eigenvalue weighted by atomic mass is 16.4. The molecule has 2 heterocycles. The number of nitrogens with one attached hydrogen (secondary N) is 1. The van der Waals surface area contributed by atoms with Crippen LogP contribution in [0.3, 0.4) is 0 Å². The van der Waals surface area contributed by atoms with Crippen LogP contribution >= 0.6 is 0 Å². The van der Waals surface area contributed by atoms with Crippen molar-refractivity contribution in [3.8, 4) is 0 Å². The normalized spacial score (nSPS) is 11.9. The number of carboxylic acids is 1. The molecule has 2 aromatic rings. The van der Waals surface area contributed by atoms with Gasteiger partial charge in [-0.2, -0.15) is 0 Å². The number of aromatic nitrogens is 3. The van der Waals surface area contributed by atoms with E-state index in [4.69, 9.17) is 10.8 Å². The second kappa shape index (κ2) is 3.44. The van der Waals surface area contributed by atoms with Crippen LogP contribution in [0.1, 0.15) is 37.0 Å². The van der Waals surface area contributed by atoms with Crippen molar-refractivity contribution in [2.45, 2.75) is 26.2 Å². The number of carbonyl (C=O) groups is 1. The van der Waals surface area contributed by atoms with Gasteiger partial charge in [0.1, 0.15) is 17.3 Å². The molecule has 0 fully saturated rings. The van der Waals surface area contributed by atoms with Gasteiger partial charge in [-0.05, 0) is 0 Å². The number of nitrogens with zero attached hydrogens (tertiary/aromatic N) is 2. The summed E-state index contributed by atoms with van der Waals surface area (Å²) in [6.45, 7) is 5.90. The number of rotatable bonds is 1. The van der Waals surface area contributed by atoms with E-state index in [9.17, 15) is 4.79 Å². The molecule has 0 spiro atoms. The molecule has 17 heavy (non-hydrogen) atoms. The Bertz CT molecular complexity index is 595. The molecule has 6 nitrogen and oxygen atoms in total. The highest BCUT2D eigenvalue weighted by Crippen LogP contribution is 2.26. The number of nitrogens with two attached hydrogens (primary N) is 1. The van der Waals surface area contributed by atoms with Crippen LogP contribution in [0.5, 0.6) is 0 Å². The first kappa shape index (κ1) is 11.4. The van der Waals surface area contributed by atoms with Gasteiger partial charge < -0.3 is 15.8 Å². The Morgan fingerprint density at radius 3 is 2.59 bits per heavy atom. The number of carboxylic acid groups (broad SMARTS) is 1. The minimum absolute atomic E-state index is 0.0953. The van der Waals surface area contributed by atoms with Gasteiger partial charge in [0.05, 0.1) is 10.9 Å². The van der Waals surface area contributed by atoms with E-state index in [0.29, 0.717) is 16.9 Å². The van der Waals surface area contributed by atoms with Gasteiger partial charge >= 0.3 is 5.97 Å². The van der Waals surface area contributed by atoms with Crippen LogP contribution in [0.15, 0.2) is 6.20 Å². The Morgan fingerprint density at radius 1 is 1.41 bits per heavy atom. The molecule has 0 aliphatic carbocycles. The molecule has 0 saturated carbocycles. The molecule has 0 saturated heterocycles. The highest BCUT2D eigenvalue weighted by Gasteiger charge is 2.22. The van der Waals surface area contributed by atoms with E-state index >= 15 is 0 Å². The fourth-order valence-corrected chi connectivity index (χ4v) is 1.56. The third-order valence-electron chi connectivity index (χ3n) is 2.46. The molecule has 2 aromatic heterocycles. The Labute approximate surface area is 97.9 Å². The molecule has 0 aliphatic rings. The second-order valence-corrected chi connectivity index (χ2v) is 4.91. The lowest BCUT2D eigenvalue weighted by Gasteiger charge is -2.16. The number of nitrogen functional groups attached to an aromatic ring is 1. The Morgan fingerprint density at radius 2 is 2.06 bits per heavy atom. The maximum absolute atomic E-state index is 11.0. The first-order valence-corrected chi connectivity index (χ1v) is 5.19. The number of aromatic carboxylic acids is 1. The van der Waals surface area contributed by atoms with Crippen LogP contribution in [0.25, 0.3) is 11.0 Å². The Kier molecular flexibility index (Phi) is 2.30. The molecular weight excluding hydrogens is 220 g/mol. The summed E-state index contributed by atoms with van der Waals surface area (Å²) in [6, 6.07) is 0. The monoisotopic (exact) mass is 234 g/mol. The number of fused-ring (bicyclic) bond motifs is 1. The SMILES string of the molecule is CC(C)(C)c1nc(N)c2c(C(=O)O)c[nH]c2n1. The minimum Gasteiger partial charge on any atom is -0.478 e. The standard InChI is InChI=1S/C11H14N4O2/c1-11(2,3)10-14-7(12)6-5(9(16)17)4-13-8(6)15-10/h4H,1-3H3,(H,16,17)(H3,12,13,14,15). The summed E-state index contributed by atoms with van der Waals surface area (Å²) in [5.74, 6) is -0.269. The lowest BCUT2D eigenvalue weighted by Crippen LogP contribution is -2.17. The van der Waals surface area contributed by atoms with Crippen molar-refractivity contribution < 1.29 is 9.90 Å². The lowest BCUT2D eigenvalue weighted by molar-refractivity contribution is 0.0699. The molecule has 0 unspecified atom stereocenters. The zero-order chi connectivity index (χ0) is 12.8. The summed E-state index contributed by atoms with van der Waals surface area (Å²) < 4.78 is 0. The largest absolute Gasteiger partial charge is 0.478 e. The van der Waals surface area contributed by atoms with Crippen molar-refractivity contribution in [1.82, 2.24) is 15.0 Å². The molecule has 0 bridgehead atoms. The van der Waals surface area contributed by atoms with E-state index in [2.05, 4.69) is 15.0 Å². The average Bonchev–Trinajstić information content (AvgIpc) is 2.60. The van der Waals surface area contributed by atoms with Gasteiger partial charge in [0.2, 0.25) is 0 Å². The van der Waals surface area contributed by atoms with E-state index in [-0.39, 0.29) is 16.8 Å². The Hall–Kier alpha value is -2.11.